The van der Waals surface area contributed by atoms with E-state index in [-0.39, 0.29) is 18.1 Å². The van der Waals surface area contributed by atoms with E-state index >= 15 is 0 Å². The van der Waals surface area contributed by atoms with Crippen LogP contribution in [0.2, 0.25) is 0 Å². The van der Waals surface area contributed by atoms with Gasteiger partial charge in [0.1, 0.15) is 11.5 Å². The van der Waals surface area contributed by atoms with Gasteiger partial charge in [0.25, 0.3) is 5.91 Å². The zero-order valence-electron chi connectivity index (χ0n) is 16.1. The first kappa shape index (κ1) is 19.9. The van der Waals surface area contributed by atoms with Gasteiger partial charge in [0.15, 0.2) is 11.5 Å². The molecule has 0 aliphatic rings. The molecule has 2 N–H and O–H groups in total. The van der Waals surface area contributed by atoms with E-state index in [0.717, 1.165) is 5.56 Å². The molecule has 0 radical (unpaired) electrons. The lowest BCUT2D eigenvalue weighted by atomic mass is 10.1. The number of nitrogens with zero attached hydrogens (tertiary/aromatic N) is 1. The van der Waals surface area contributed by atoms with E-state index in [1.54, 1.807) is 25.3 Å². The summed E-state index contributed by atoms with van der Waals surface area (Å²) in [7, 11) is 3.08. The van der Waals surface area contributed by atoms with E-state index in [2.05, 4.69) is 15.8 Å². The van der Waals surface area contributed by atoms with Gasteiger partial charge in [0.2, 0.25) is 5.91 Å². The van der Waals surface area contributed by atoms with Gasteiger partial charge in [-0.05, 0) is 23.8 Å². The Morgan fingerprint density at radius 3 is 2.52 bits per heavy atom. The summed E-state index contributed by atoms with van der Waals surface area (Å²) in [5, 5.41) is 9.04. The van der Waals surface area contributed by atoms with Crippen molar-refractivity contribution in [3.8, 4) is 22.8 Å². The fourth-order valence-electron chi connectivity index (χ4n) is 2.63. The molecule has 0 unspecified atom stereocenters. The Bertz CT molecular complexity index is 985. The molecule has 3 aromatic rings. The first-order valence-corrected chi connectivity index (χ1v) is 8.88. The zero-order valence-corrected chi connectivity index (χ0v) is 16.1. The minimum Gasteiger partial charge on any atom is -0.497 e. The molecule has 0 saturated carbocycles. The number of hydrogen-bond acceptors (Lipinski definition) is 6. The highest BCUT2D eigenvalue weighted by Crippen LogP contribution is 2.33. The van der Waals surface area contributed by atoms with Crippen LogP contribution in [-0.4, -0.2) is 37.7 Å². The van der Waals surface area contributed by atoms with E-state index in [0.29, 0.717) is 29.4 Å². The lowest BCUT2D eigenvalue weighted by molar-refractivity contribution is -0.120. The average Bonchev–Trinajstić information content (AvgIpc) is 3.26. The molecule has 0 spiro atoms. The number of carbonyl (C=O) groups is 2. The first-order valence-electron chi connectivity index (χ1n) is 8.88. The molecule has 0 saturated heterocycles. The fraction of sp³-hybridized carbons (Fsp3) is 0.190. The summed E-state index contributed by atoms with van der Waals surface area (Å²) in [6, 6.07) is 16.2. The summed E-state index contributed by atoms with van der Waals surface area (Å²) in [5.41, 5.74) is 1.63. The summed E-state index contributed by atoms with van der Waals surface area (Å²) in [6.45, 7) is 0.218. The van der Waals surface area contributed by atoms with Crippen molar-refractivity contribution in [1.82, 2.24) is 15.8 Å². The van der Waals surface area contributed by atoms with Crippen molar-refractivity contribution in [1.29, 1.82) is 0 Å². The maximum Gasteiger partial charge on any atom is 0.273 e. The van der Waals surface area contributed by atoms with Crippen molar-refractivity contribution < 1.29 is 23.6 Å². The molecular formula is C21H21N3O5. The topological polar surface area (TPSA) is 103 Å². The van der Waals surface area contributed by atoms with Crippen molar-refractivity contribution in [3.05, 3.63) is 65.9 Å². The molecule has 3 rings (SSSR count). The van der Waals surface area contributed by atoms with Crippen LogP contribution in [0, 0.1) is 0 Å². The molecule has 150 valence electrons. The lowest BCUT2D eigenvalue weighted by Gasteiger charge is -2.07. The quantitative estimate of drug-likeness (QED) is 0.607. The minimum absolute atomic E-state index is 0.0562. The highest BCUT2D eigenvalue weighted by atomic mass is 16.5. The summed E-state index contributed by atoms with van der Waals surface area (Å²) in [5.74, 6) is 0.684. The van der Waals surface area contributed by atoms with E-state index in [1.165, 1.54) is 13.2 Å². The molecule has 2 amide bonds. The number of carbonyl (C=O) groups excluding carboxylic acids is 2. The van der Waals surface area contributed by atoms with Crippen molar-refractivity contribution in [3.63, 3.8) is 0 Å². The molecule has 0 bridgehead atoms. The number of aromatic nitrogens is 1. The smallest absolute Gasteiger partial charge is 0.273 e. The van der Waals surface area contributed by atoms with Crippen LogP contribution in [0.3, 0.4) is 0 Å². The predicted octanol–water partition coefficient (Wildman–Crippen LogP) is 2.41. The Hall–Kier alpha value is -3.81. The third-order valence-corrected chi connectivity index (χ3v) is 4.16. The monoisotopic (exact) mass is 395 g/mol. The molecular weight excluding hydrogens is 374 g/mol. The molecule has 8 nitrogen and oxygen atoms in total. The Morgan fingerprint density at radius 2 is 1.79 bits per heavy atom. The van der Waals surface area contributed by atoms with Crippen LogP contribution >= 0.6 is 0 Å². The van der Waals surface area contributed by atoms with Gasteiger partial charge in [-0.15, -0.1) is 0 Å². The molecule has 2 aromatic carbocycles. The molecule has 29 heavy (non-hydrogen) atoms. The third-order valence-electron chi connectivity index (χ3n) is 4.16. The van der Waals surface area contributed by atoms with E-state index in [1.807, 2.05) is 30.3 Å². The zero-order chi connectivity index (χ0) is 20.6. The van der Waals surface area contributed by atoms with Gasteiger partial charge in [-0.2, -0.15) is 0 Å². The maximum atomic E-state index is 12.3. The van der Waals surface area contributed by atoms with Gasteiger partial charge in [-0.25, -0.2) is 0 Å². The molecule has 8 heteroatoms. The van der Waals surface area contributed by atoms with Gasteiger partial charge in [0.05, 0.1) is 26.3 Å². The second-order valence-electron chi connectivity index (χ2n) is 6.09. The van der Waals surface area contributed by atoms with Gasteiger partial charge < -0.3 is 24.6 Å². The molecule has 0 atom stereocenters. The van der Waals surface area contributed by atoms with Crippen LogP contribution in [-0.2, 0) is 11.3 Å². The van der Waals surface area contributed by atoms with E-state index in [4.69, 9.17) is 14.0 Å². The number of rotatable bonds is 8. The summed E-state index contributed by atoms with van der Waals surface area (Å²) < 4.78 is 15.8. The van der Waals surface area contributed by atoms with Crippen molar-refractivity contribution in [2.75, 3.05) is 20.8 Å². The van der Waals surface area contributed by atoms with Crippen LogP contribution < -0.4 is 20.1 Å². The van der Waals surface area contributed by atoms with E-state index in [9.17, 15) is 9.59 Å². The Labute approximate surface area is 167 Å². The van der Waals surface area contributed by atoms with Gasteiger partial charge in [-0.1, -0.05) is 35.5 Å². The average molecular weight is 395 g/mol. The maximum absolute atomic E-state index is 12.3. The SMILES string of the molecule is COc1ccc(OC)c(-c2cc(C(=O)NCC(=O)NCc3ccccc3)no2)c1. The standard InChI is InChI=1S/C21H21N3O5/c1-27-15-8-9-18(28-2)16(10-15)19-11-17(24-29-19)21(26)23-13-20(25)22-12-14-6-4-3-5-7-14/h3-11H,12-13H2,1-2H3,(H,22,25)(H,23,26). The largest absolute Gasteiger partial charge is 0.497 e. The number of amides is 2. The molecule has 1 aromatic heterocycles. The van der Waals surface area contributed by atoms with Crippen LogP contribution in [0.1, 0.15) is 16.1 Å². The number of methoxy groups -OCH3 is 2. The number of benzene rings is 2. The normalized spacial score (nSPS) is 10.3. The number of ether oxygens (including phenoxy) is 2. The van der Waals surface area contributed by atoms with Crippen LogP contribution in [0.15, 0.2) is 59.1 Å². The fourth-order valence-corrected chi connectivity index (χ4v) is 2.63. The third kappa shape index (κ3) is 5.13. The van der Waals surface area contributed by atoms with Crippen LogP contribution in [0.25, 0.3) is 11.3 Å². The molecule has 0 aliphatic carbocycles. The van der Waals surface area contributed by atoms with Crippen LogP contribution in [0.4, 0.5) is 0 Å². The van der Waals surface area contributed by atoms with Crippen molar-refractivity contribution in [2.45, 2.75) is 6.54 Å². The second-order valence-corrected chi connectivity index (χ2v) is 6.09. The summed E-state index contributed by atoms with van der Waals surface area (Å²) in [4.78, 5) is 24.2. The molecule has 0 fully saturated rings. The number of hydrogen-bond donors (Lipinski definition) is 2. The Kier molecular flexibility index (Phi) is 6.47. The minimum atomic E-state index is -0.517. The van der Waals surface area contributed by atoms with E-state index < -0.39 is 5.91 Å². The van der Waals surface area contributed by atoms with Gasteiger partial charge in [0, 0.05) is 12.6 Å². The Balaban J connectivity index is 1.59. The number of nitrogens with one attached hydrogen (secondary N) is 2. The van der Waals surface area contributed by atoms with Crippen molar-refractivity contribution >= 4 is 11.8 Å². The summed E-state index contributed by atoms with van der Waals surface area (Å²) >= 11 is 0. The Morgan fingerprint density at radius 1 is 1.00 bits per heavy atom. The second kappa shape index (κ2) is 9.41. The van der Waals surface area contributed by atoms with Crippen molar-refractivity contribution in [2.24, 2.45) is 0 Å². The molecule has 0 aliphatic heterocycles. The highest BCUT2D eigenvalue weighted by molar-refractivity contribution is 5.95. The lowest BCUT2D eigenvalue weighted by Crippen LogP contribution is -2.36. The summed E-state index contributed by atoms with van der Waals surface area (Å²) in [6.07, 6.45) is 0. The van der Waals surface area contributed by atoms with Crippen LogP contribution in [0.5, 0.6) is 11.5 Å². The predicted molar refractivity (Wildman–Crippen MR) is 106 cm³/mol. The highest BCUT2D eigenvalue weighted by Gasteiger charge is 2.17. The van der Waals surface area contributed by atoms with Gasteiger partial charge in [-0.3, -0.25) is 9.59 Å². The first-order chi connectivity index (χ1) is 14.1. The van der Waals surface area contributed by atoms with Gasteiger partial charge >= 0.3 is 0 Å². The molecule has 1 heterocycles.